The van der Waals surface area contributed by atoms with Crippen molar-refractivity contribution in [1.29, 1.82) is 0 Å². The normalized spacial score (nSPS) is 18.0. The standard InChI is InChI=1S/C29H27NO4/c1-33-23-16-12-22(13-17-23)30-26-8-5-9-27(31)29(26)25(18-28(30)32)21-10-14-24(15-11-21)34-19-20-6-3-2-4-7-20/h2-4,6-7,10-17,25H,5,8-9,18-19H2,1H3. The van der Waals surface area contributed by atoms with Gasteiger partial charge < -0.3 is 9.47 Å². The van der Waals surface area contributed by atoms with Crippen LogP contribution in [0.4, 0.5) is 5.69 Å². The molecule has 1 amide bonds. The lowest BCUT2D eigenvalue weighted by Crippen LogP contribution is -2.40. The zero-order valence-electron chi connectivity index (χ0n) is 19.2. The Morgan fingerprint density at radius 3 is 2.26 bits per heavy atom. The van der Waals surface area contributed by atoms with Crippen LogP contribution in [0.25, 0.3) is 0 Å². The number of ether oxygens (including phenoxy) is 2. The van der Waals surface area contributed by atoms with Crippen LogP contribution in [0.3, 0.4) is 0 Å². The van der Waals surface area contributed by atoms with Crippen LogP contribution in [0.1, 0.15) is 42.7 Å². The third-order valence-corrected chi connectivity index (χ3v) is 6.54. The van der Waals surface area contributed by atoms with Gasteiger partial charge in [-0.3, -0.25) is 14.5 Å². The summed E-state index contributed by atoms with van der Waals surface area (Å²) in [5, 5.41) is 0. The molecule has 3 aromatic rings. The number of methoxy groups -OCH3 is 1. The largest absolute Gasteiger partial charge is 0.497 e. The van der Waals surface area contributed by atoms with Gasteiger partial charge in [-0.25, -0.2) is 0 Å². The van der Waals surface area contributed by atoms with E-state index in [1.54, 1.807) is 12.0 Å². The van der Waals surface area contributed by atoms with Crippen molar-refractivity contribution < 1.29 is 19.1 Å². The zero-order chi connectivity index (χ0) is 23.5. The Hall–Kier alpha value is -3.86. The molecular formula is C29H27NO4. The maximum atomic E-state index is 13.3. The average molecular weight is 454 g/mol. The van der Waals surface area contributed by atoms with Gasteiger partial charge in [-0.15, -0.1) is 0 Å². The second-order valence-corrected chi connectivity index (χ2v) is 8.66. The van der Waals surface area contributed by atoms with Crippen molar-refractivity contribution in [3.63, 3.8) is 0 Å². The molecule has 0 N–H and O–H groups in total. The van der Waals surface area contributed by atoms with Crippen molar-refractivity contribution in [3.8, 4) is 11.5 Å². The van der Waals surface area contributed by atoms with E-state index in [4.69, 9.17) is 9.47 Å². The van der Waals surface area contributed by atoms with Crippen LogP contribution >= 0.6 is 0 Å². The molecule has 0 radical (unpaired) electrons. The van der Waals surface area contributed by atoms with Gasteiger partial charge >= 0.3 is 0 Å². The van der Waals surface area contributed by atoms with Crippen LogP contribution in [0.15, 0.2) is 90.1 Å². The van der Waals surface area contributed by atoms with Crippen LogP contribution in [-0.2, 0) is 16.2 Å². The third kappa shape index (κ3) is 4.34. The number of anilines is 1. The highest BCUT2D eigenvalue weighted by atomic mass is 16.5. The number of benzene rings is 3. The van der Waals surface area contributed by atoms with E-state index in [1.807, 2.05) is 78.9 Å². The number of rotatable bonds is 6. The average Bonchev–Trinajstić information content (AvgIpc) is 2.88. The summed E-state index contributed by atoms with van der Waals surface area (Å²) < 4.78 is 11.2. The summed E-state index contributed by atoms with van der Waals surface area (Å²) in [4.78, 5) is 28.2. The molecule has 0 aromatic heterocycles. The number of hydrogen-bond acceptors (Lipinski definition) is 4. The van der Waals surface area contributed by atoms with Gasteiger partial charge in [0.05, 0.1) is 7.11 Å². The van der Waals surface area contributed by atoms with E-state index in [0.717, 1.165) is 46.0 Å². The molecule has 3 aromatic carbocycles. The molecule has 34 heavy (non-hydrogen) atoms. The summed E-state index contributed by atoms with van der Waals surface area (Å²) in [5.41, 5.74) is 4.46. The Morgan fingerprint density at radius 2 is 1.56 bits per heavy atom. The number of ketones is 1. The fourth-order valence-corrected chi connectivity index (χ4v) is 4.85. The highest BCUT2D eigenvalue weighted by Gasteiger charge is 2.39. The minimum Gasteiger partial charge on any atom is -0.497 e. The van der Waals surface area contributed by atoms with E-state index in [2.05, 4.69) is 0 Å². The van der Waals surface area contributed by atoms with Crippen LogP contribution in [-0.4, -0.2) is 18.8 Å². The highest BCUT2D eigenvalue weighted by molar-refractivity contribution is 6.07. The molecule has 1 atom stereocenters. The molecular weight excluding hydrogens is 426 g/mol. The number of Topliss-reactive ketones (excluding diaryl/α,β-unsaturated/α-hetero) is 1. The second kappa shape index (κ2) is 9.56. The molecule has 5 heteroatoms. The molecule has 5 nitrogen and oxygen atoms in total. The van der Waals surface area contributed by atoms with Gasteiger partial charge in [-0.2, -0.15) is 0 Å². The smallest absolute Gasteiger partial charge is 0.232 e. The number of carbonyl (C=O) groups is 2. The lowest BCUT2D eigenvalue weighted by Gasteiger charge is -2.38. The number of amides is 1. The lowest BCUT2D eigenvalue weighted by molar-refractivity contribution is -0.119. The Kier molecular flexibility index (Phi) is 6.17. The van der Waals surface area contributed by atoms with Gasteiger partial charge in [0.1, 0.15) is 18.1 Å². The first-order valence-corrected chi connectivity index (χ1v) is 11.6. The summed E-state index contributed by atoms with van der Waals surface area (Å²) in [5.74, 6) is 1.41. The fraction of sp³-hybridized carbons (Fsp3) is 0.241. The van der Waals surface area contributed by atoms with Gasteiger partial charge in [0.2, 0.25) is 5.91 Å². The Labute approximate surface area is 199 Å². The molecule has 0 spiro atoms. The number of allylic oxidation sites excluding steroid dienone is 2. The van der Waals surface area contributed by atoms with E-state index in [9.17, 15) is 9.59 Å². The monoisotopic (exact) mass is 453 g/mol. The molecule has 1 unspecified atom stereocenters. The van der Waals surface area contributed by atoms with Crippen molar-refractivity contribution >= 4 is 17.4 Å². The molecule has 0 saturated heterocycles. The molecule has 2 aliphatic rings. The van der Waals surface area contributed by atoms with E-state index in [1.165, 1.54) is 0 Å². The van der Waals surface area contributed by atoms with Gasteiger partial charge in [-0.05, 0) is 60.4 Å². The lowest BCUT2D eigenvalue weighted by atomic mass is 9.77. The van der Waals surface area contributed by atoms with E-state index < -0.39 is 0 Å². The van der Waals surface area contributed by atoms with Crippen molar-refractivity contribution in [2.75, 3.05) is 12.0 Å². The van der Waals surface area contributed by atoms with Crippen molar-refractivity contribution in [1.82, 2.24) is 0 Å². The summed E-state index contributed by atoms with van der Waals surface area (Å²) in [7, 11) is 1.62. The Bertz CT molecular complexity index is 1210. The SMILES string of the molecule is COc1ccc(N2C(=O)CC(c3ccc(OCc4ccccc4)cc3)C3=C2CCCC3=O)cc1. The van der Waals surface area contributed by atoms with E-state index in [0.29, 0.717) is 19.4 Å². The summed E-state index contributed by atoms with van der Waals surface area (Å²) in [6.45, 7) is 0.493. The van der Waals surface area contributed by atoms with Crippen molar-refractivity contribution in [3.05, 3.63) is 101 Å². The summed E-state index contributed by atoms with van der Waals surface area (Å²) >= 11 is 0. The minimum atomic E-state index is -0.229. The quantitative estimate of drug-likeness (QED) is 0.473. The maximum absolute atomic E-state index is 13.3. The molecule has 0 saturated carbocycles. The van der Waals surface area contributed by atoms with Crippen molar-refractivity contribution in [2.24, 2.45) is 0 Å². The molecule has 5 rings (SSSR count). The van der Waals surface area contributed by atoms with Crippen LogP contribution in [0.2, 0.25) is 0 Å². The second-order valence-electron chi connectivity index (χ2n) is 8.66. The van der Waals surface area contributed by atoms with Crippen molar-refractivity contribution in [2.45, 2.75) is 38.2 Å². The minimum absolute atomic E-state index is 0.00743. The van der Waals surface area contributed by atoms with E-state index in [-0.39, 0.29) is 24.0 Å². The Morgan fingerprint density at radius 1 is 0.853 bits per heavy atom. The van der Waals surface area contributed by atoms with Gasteiger partial charge in [0, 0.05) is 35.7 Å². The van der Waals surface area contributed by atoms with Crippen LogP contribution in [0.5, 0.6) is 11.5 Å². The van der Waals surface area contributed by atoms with Gasteiger partial charge in [0.25, 0.3) is 0 Å². The maximum Gasteiger partial charge on any atom is 0.232 e. The fourth-order valence-electron chi connectivity index (χ4n) is 4.85. The van der Waals surface area contributed by atoms with Crippen LogP contribution in [0, 0.1) is 0 Å². The topological polar surface area (TPSA) is 55.8 Å². The molecule has 1 aliphatic carbocycles. The predicted octanol–water partition coefficient (Wildman–Crippen LogP) is 5.80. The predicted molar refractivity (Wildman–Crippen MR) is 131 cm³/mol. The van der Waals surface area contributed by atoms with Crippen LogP contribution < -0.4 is 14.4 Å². The van der Waals surface area contributed by atoms with Gasteiger partial charge in [-0.1, -0.05) is 42.5 Å². The molecule has 172 valence electrons. The molecule has 1 heterocycles. The number of nitrogens with zero attached hydrogens (tertiary/aromatic N) is 1. The van der Waals surface area contributed by atoms with Gasteiger partial charge in [0.15, 0.2) is 5.78 Å². The first-order chi connectivity index (χ1) is 16.6. The highest BCUT2D eigenvalue weighted by Crippen LogP contribution is 2.43. The number of carbonyl (C=O) groups excluding carboxylic acids is 2. The first-order valence-electron chi connectivity index (χ1n) is 11.6. The molecule has 0 fully saturated rings. The zero-order valence-corrected chi connectivity index (χ0v) is 19.2. The molecule has 0 bridgehead atoms. The number of hydrogen-bond donors (Lipinski definition) is 0. The Balaban J connectivity index is 1.42. The summed E-state index contributed by atoms with van der Waals surface area (Å²) in [6, 6.07) is 25.3. The third-order valence-electron chi connectivity index (χ3n) is 6.54. The summed E-state index contributed by atoms with van der Waals surface area (Å²) in [6.07, 6.45) is 2.27. The van der Waals surface area contributed by atoms with E-state index >= 15 is 0 Å². The molecule has 1 aliphatic heterocycles. The first kappa shape index (κ1) is 22.0.